The van der Waals surface area contributed by atoms with E-state index in [1.165, 1.54) is 25.4 Å². The van der Waals surface area contributed by atoms with Crippen molar-refractivity contribution in [3.8, 4) is 17.6 Å². The lowest BCUT2D eigenvalue weighted by Crippen LogP contribution is -2.49. The third-order valence-corrected chi connectivity index (χ3v) is 4.89. The number of nitrogens with one attached hydrogen (secondary N) is 1. The number of methoxy groups -OCH3 is 2. The van der Waals surface area contributed by atoms with Crippen LogP contribution in [0.1, 0.15) is 0 Å². The van der Waals surface area contributed by atoms with Gasteiger partial charge in [0, 0.05) is 44.1 Å². The van der Waals surface area contributed by atoms with Gasteiger partial charge in [0.2, 0.25) is 0 Å². The van der Waals surface area contributed by atoms with Crippen molar-refractivity contribution >= 4 is 17.3 Å². The summed E-state index contributed by atoms with van der Waals surface area (Å²) in [4.78, 5) is 16.5. The Morgan fingerprint density at radius 2 is 1.80 bits per heavy atom. The van der Waals surface area contributed by atoms with Gasteiger partial charge in [-0.25, -0.2) is 4.39 Å². The summed E-state index contributed by atoms with van der Waals surface area (Å²) < 4.78 is 23.6. The summed E-state index contributed by atoms with van der Waals surface area (Å²) >= 11 is 0. The summed E-state index contributed by atoms with van der Waals surface area (Å²) in [5.74, 6) is 0.556. The van der Waals surface area contributed by atoms with E-state index in [2.05, 4.69) is 10.2 Å². The maximum atomic E-state index is 13.1. The van der Waals surface area contributed by atoms with Crippen LogP contribution in [0.3, 0.4) is 0 Å². The van der Waals surface area contributed by atoms with Gasteiger partial charge in [0.25, 0.3) is 5.91 Å². The number of ether oxygens (including phenoxy) is 2. The predicted molar refractivity (Wildman–Crippen MR) is 112 cm³/mol. The molecule has 0 radical (unpaired) electrons. The van der Waals surface area contributed by atoms with E-state index in [1.54, 1.807) is 42.3 Å². The van der Waals surface area contributed by atoms with Crippen molar-refractivity contribution in [3.63, 3.8) is 0 Å². The monoisotopic (exact) mass is 410 g/mol. The van der Waals surface area contributed by atoms with Crippen LogP contribution in [-0.4, -0.2) is 51.2 Å². The second kappa shape index (κ2) is 9.65. The normalized spacial score (nSPS) is 14.1. The first-order chi connectivity index (χ1) is 14.5. The van der Waals surface area contributed by atoms with Crippen LogP contribution in [0.2, 0.25) is 0 Å². The molecule has 2 aromatic carbocycles. The van der Waals surface area contributed by atoms with Gasteiger partial charge in [-0.1, -0.05) is 0 Å². The van der Waals surface area contributed by atoms with Gasteiger partial charge in [0.05, 0.1) is 19.9 Å². The molecule has 1 heterocycles. The summed E-state index contributed by atoms with van der Waals surface area (Å²) in [6, 6.07) is 13.5. The van der Waals surface area contributed by atoms with Crippen LogP contribution < -0.4 is 19.7 Å². The van der Waals surface area contributed by atoms with Crippen molar-refractivity contribution in [1.82, 2.24) is 4.90 Å². The molecule has 0 unspecified atom stereocenters. The highest BCUT2D eigenvalue weighted by Gasteiger charge is 2.24. The molecule has 0 bridgehead atoms. The lowest BCUT2D eigenvalue weighted by molar-refractivity contribution is -0.127. The third-order valence-electron chi connectivity index (χ3n) is 4.89. The maximum Gasteiger partial charge on any atom is 0.266 e. The number of hydrogen-bond donors (Lipinski definition) is 1. The number of nitrogens with zero attached hydrogens (tertiary/aromatic N) is 3. The molecule has 1 saturated heterocycles. The minimum Gasteiger partial charge on any atom is -0.497 e. The molecule has 0 aliphatic carbocycles. The average Bonchev–Trinajstić information content (AvgIpc) is 2.79. The number of amides is 1. The zero-order chi connectivity index (χ0) is 21.5. The van der Waals surface area contributed by atoms with Gasteiger partial charge < -0.3 is 24.6 Å². The van der Waals surface area contributed by atoms with Crippen LogP contribution in [0.15, 0.2) is 54.2 Å². The van der Waals surface area contributed by atoms with Crippen LogP contribution in [0, 0.1) is 17.1 Å². The Kier molecular flexibility index (Phi) is 6.75. The van der Waals surface area contributed by atoms with Crippen LogP contribution in [0.5, 0.6) is 11.5 Å². The summed E-state index contributed by atoms with van der Waals surface area (Å²) in [5.41, 5.74) is 1.49. The number of carbonyl (C=O) groups is 1. The molecular formula is C22H23FN4O3. The van der Waals surface area contributed by atoms with E-state index in [9.17, 15) is 14.4 Å². The van der Waals surface area contributed by atoms with Crippen LogP contribution in [0.25, 0.3) is 0 Å². The summed E-state index contributed by atoms with van der Waals surface area (Å²) in [5, 5.41) is 12.4. The van der Waals surface area contributed by atoms with Gasteiger partial charge in [-0.15, -0.1) is 0 Å². The number of hydrogen-bond acceptors (Lipinski definition) is 6. The smallest absolute Gasteiger partial charge is 0.266 e. The largest absolute Gasteiger partial charge is 0.497 e. The Balaban J connectivity index is 1.65. The second-order valence-corrected chi connectivity index (χ2v) is 6.64. The van der Waals surface area contributed by atoms with Gasteiger partial charge in [0.1, 0.15) is 29.0 Å². The fourth-order valence-corrected chi connectivity index (χ4v) is 3.21. The molecule has 0 saturated carbocycles. The van der Waals surface area contributed by atoms with Crippen molar-refractivity contribution in [2.75, 3.05) is 50.6 Å². The second-order valence-electron chi connectivity index (χ2n) is 6.64. The van der Waals surface area contributed by atoms with E-state index in [0.29, 0.717) is 43.4 Å². The molecule has 0 atom stereocenters. The Hall–Kier alpha value is -3.73. The number of anilines is 2. The van der Waals surface area contributed by atoms with Crippen LogP contribution >= 0.6 is 0 Å². The number of carbonyl (C=O) groups excluding carboxylic acids is 1. The van der Waals surface area contributed by atoms with Crippen molar-refractivity contribution in [2.45, 2.75) is 0 Å². The van der Waals surface area contributed by atoms with E-state index in [4.69, 9.17) is 9.47 Å². The molecule has 30 heavy (non-hydrogen) atoms. The summed E-state index contributed by atoms with van der Waals surface area (Å²) in [6.45, 7) is 2.15. The molecule has 8 heteroatoms. The molecule has 7 nitrogen and oxygen atoms in total. The lowest BCUT2D eigenvalue weighted by atomic mass is 10.2. The van der Waals surface area contributed by atoms with Gasteiger partial charge in [-0.05, 0) is 36.4 Å². The van der Waals surface area contributed by atoms with Gasteiger partial charge in [-0.2, -0.15) is 5.26 Å². The molecule has 156 valence electrons. The fourth-order valence-electron chi connectivity index (χ4n) is 3.21. The quantitative estimate of drug-likeness (QED) is 0.583. The molecule has 0 aromatic heterocycles. The first-order valence-electron chi connectivity index (χ1n) is 9.44. The number of benzene rings is 2. The molecule has 1 aliphatic heterocycles. The zero-order valence-electron chi connectivity index (χ0n) is 16.9. The summed E-state index contributed by atoms with van der Waals surface area (Å²) in [6.07, 6.45) is 1.38. The Labute approximate surface area is 174 Å². The standard InChI is InChI=1S/C22H23FN4O3/c1-29-19-7-8-21(30-2)20(13-19)25-15-16(14-24)22(28)27-11-9-26(10-12-27)18-5-3-17(23)4-6-18/h3-8,13,15,25H,9-12H2,1-2H3/b16-15-. The number of rotatable bonds is 6. The molecule has 0 spiro atoms. The van der Waals surface area contributed by atoms with Crippen molar-refractivity contribution in [2.24, 2.45) is 0 Å². The zero-order valence-corrected chi connectivity index (χ0v) is 16.9. The SMILES string of the molecule is COc1ccc(OC)c(N/C=C(/C#N)C(=O)N2CCN(c3ccc(F)cc3)CC2)c1. The highest BCUT2D eigenvalue weighted by Crippen LogP contribution is 2.29. The minimum absolute atomic E-state index is 0.00453. The highest BCUT2D eigenvalue weighted by molar-refractivity contribution is 5.97. The number of nitriles is 1. The number of piperazine rings is 1. The van der Waals surface area contributed by atoms with Gasteiger partial charge in [0.15, 0.2) is 0 Å². The number of halogens is 1. The lowest BCUT2D eigenvalue weighted by Gasteiger charge is -2.36. The van der Waals surface area contributed by atoms with E-state index >= 15 is 0 Å². The van der Waals surface area contributed by atoms with E-state index in [0.717, 1.165) is 5.69 Å². The predicted octanol–water partition coefficient (Wildman–Crippen LogP) is 3.01. The first kappa shape index (κ1) is 21.0. The molecule has 1 fully saturated rings. The van der Waals surface area contributed by atoms with Gasteiger partial charge in [-0.3, -0.25) is 4.79 Å². The fraction of sp³-hybridized carbons (Fsp3) is 0.273. The van der Waals surface area contributed by atoms with Crippen molar-refractivity contribution < 1.29 is 18.7 Å². The summed E-state index contributed by atoms with van der Waals surface area (Å²) in [7, 11) is 3.09. The van der Waals surface area contributed by atoms with Crippen molar-refractivity contribution in [3.05, 3.63) is 60.1 Å². The third kappa shape index (κ3) is 4.81. The Morgan fingerprint density at radius 1 is 1.10 bits per heavy atom. The molecule has 2 aromatic rings. The average molecular weight is 410 g/mol. The topological polar surface area (TPSA) is 77.8 Å². The molecule has 1 N–H and O–H groups in total. The van der Waals surface area contributed by atoms with Crippen LogP contribution in [0.4, 0.5) is 15.8 Å². The van der Waals surface area contributed by atoms with Gasteiger partial charge >= 0.3 is 0 Å². The highest BCUT2D eigenvalue weighted by atomic mass is 19.1. The van der Waals surface area contributed by atoms with E-state index in [-0.39, 0.29) is 17.3 Å². The van der Waals surface area contributed by atoms with E-state index < -0.39 is 0 Å². The molecular weight excluding hydrogens is 387 g/mol. The molecule has 1 aliphatic rings. The van der Waals surface area contributed by atoms with Crippen LogP contribution in [-0.2, 0) is 4.79 Å². The Morgan fingerprint density at radius 3 is 2.40 bits per heavy atom. The van der Waals surface area contributed by atoms with Crippen molar-refractivity contribution in [1.29, 1.82) is 5.26 Å². The molecule has 3 rings (SSSR count). The maximum absolute atomic E-state index is 13.1. The van der Waals surface area contributed by atoms with E-state index in [1.807, 2.05) is 6.07 Å². The first-order valence-corrected chi connectivity index (χ1v) is 9.44. The molecule has 1 amide bonds. The minimum atomic E-state index is -0.342. The Bertz CT molecular complexity index is 961.